The number of rotatable bonds is 9. The molecule has 10 nitrogen and oxygen atoms in total. The number of benzene rings is 2. The second kappa shape index (κ2) is 11.8. The lowest BCUT2D eigenvalue weighted by Crippen LogP contribution is -2.48. The van der Waals surface area contributed by atoms with Crippen molar-refractivity contribution in [3.05, 3.63) is 82.4 Å². The van der Waals surface area contributed by atoms with Crippen molar-refractivity contribution in [2.24, 2.45) is 0 Å². The van der Waals surface area contributed by atoms with Crippen molar-refractivity contribution in [2.75, 3.05) is 26.2 Å². The van der Waals surface area contributed by atoms with Crippen molar-refractivity contribution in [1.29, 1.82) is 0 Å². The van der Waals surface area contributed by atoms with Crippen LogP contribution in [-0.4, -0.2) is 58.4 Å². The number of H-pyrrole nitrogens is 1. The van der Waals surface area contributed by atoms with Gasteiger partial charge in [-0.3, -0.25) is 4.57 Å². The van der Waals surface area contributed by atoms with Gasteiger partial charge in [-0.15, -0.1) is 0 Å². The summed E-state index contributed by atoms with van der Waals surface area (Å²) >= 11 is 0. The second-order valence-electron chi connectivity index (χ2n) is 11.8. The molecule has 1 saturated carbocycles. The van der Waals surface area contributed by atoms with E-state index in [4.69, 9.17) is 19.2 Å². The lowest BCUT2D eigenvalue weighted by molar-refractivity contribution is 0.00789. The molecule has 1 amide bonds. The van der Waals surface area contributed by atoms with E-state index in [0.29, 0.717) is 37.3 Å². The van der Waals surface area contributed by atoms with Crippen LogP contribution in [0.4, 0.5) is 10.6 Å². The third kappa shape index (κ3) is 6.22. The third-order valence-electron chi connectivity index (χ3n) is 7.67. The molecule has 0 unspecified atom stereocenters. The van der Waals surface area contributed by atoms with E-state index in [0.717, 1.165) is 28.1 Å². The Morgan fingerprint density at radius 2 is 1.50 bits per heavy atom. The Kier molecular flexibility index (Phi) is 8.15. The Labute approximate surface area is 245 Å². The van der Waals surface area contributed by atoms with Crippen molar-refractivity contribution in [2.45, 2.75) is 64.4 Å². The molecule has 4 aromatic rings. The van der Waals surface area contributed by atoms with Crippen LogP contribution in [0.1, 0.15) is 50.8 Å². The highest BCUT2D eigenvalue weighted by molar-refractivity contribution is 5.86. The summed E-state index contributed by atoms with van der Waals surface area (Å²) in [6.07, 6.45) is 2.74. The van der Waals surface area contributed by atoms with Gasteiger partial charge in [-0.2, -0.15) is 0 Å². The van der Waals surface area contributed by atoms with Crippen LogP contribution < -0.4 is 20.1 Å². The summed E-state index contributed by atoms with van der Waals surface area (Å²) in [7, 11) is 5.05. The number of fused-ring (bicyclic) bond motifs is 1. The smallest absolute Gasteiger partial charge is 0.410 e. The van der Waals surface area contributed by atoms with E-state index < -0.39 is 5.60 Å². The molecule has 2 aromatic heterocycles. The van der Waals surface area contributed by atoms with Crippen LogP contribution in [0.5, 0.6) is 11.5 Å². The molecule has 42 heavy (non-hydrogen) atoms. The highest BCUT2D eigenvalue weighted by atomic mass is 16.6. The Hall–Kier alpha value is -4.47. The summed E-state index contributed by atoms with van der Waals surface area (Å²) < 4.78 is 18.0. The van der Waals surface area contributed by atoms with E-state index in [9.17, 15) is 9.59 Å². The fraction of sp³-hybridized carbons (Fsp3) is 0.406. The highest BCUT2D eigenvalue weighted by Gasteiger charge is 2.38. The Morgan fingerprint density at radius 3 is 2.00 bits per heavy atom. The molecule has 5 rings (SSSR count). The number of anilines is 1. The lowest BCUT2D eigenvalue weighted by atomic mass is 9.85. The molecule has 1 aliphatic carbocycles. The van der Waals surface area contributed by atoms with Gasteiger partial charge >= 0.3 is 11.8 Å². The minimum absolute atomic E-state index is 0.00431. The zero-order valence-corrected chi connectivity index (χ0v) is 25.1. The molecule has 1 aliphatic rings. The third-order valence-corrected chi connectivity index (χ3v) is 7.67. The van der Waals surface area contributed by atoms with Crippen molar-refractivity contribution in [1.82, 2.24) is 19.4 Å². The number of aromatic nitrogens is 3. The molecule has 0 saturated heterocycles. The maximum absolute atomic E-state index is 13.3. The van der Waals surface area contributed by atoms with Gasteiger partial charge in [0.25, 0.3) is 0 Å². The van der Waals surface area contributed by atoms with Crippen LogP contribution in [0.2, 0.25) is 0 Å². The summed E-state index contributed by atoms with van der Waals surface area (Å²) in [5.41, 5.74) is 2.90. The number of methoxy groups -OCH3 is 2. The molecule has 1 N–H and O–H groups in total. The summed E-state index contributed by atoms with van der Waals surface area (Å²) in [6.45, 7) is 6.70. The van der Waals surface area contributed by atoms with Crippen molar-refractivity contribution in [3.63, 3.8) is 0 Å². The average Bonchev–Trinajstić information content (AvgIpc) is 3.27. The second-order valence-corrected chi connectivity index (χ2v) is 11.8. The fourth-order valence-electron chi connectivity index (χ4n) is 5.32. The molecule has 0 spiro atoms. The van der Waals surface area contributed by atoms with Crippen LogP contribution in [0.15, 0.2) is 65.6 Å². The van der Waals surface area contributed by atoms with E-state index in [1.165, 1.54) is 0 Å². The predicted octanol–water partition coefficient (Wildman–Crippen LogP) is 5.52. The molecule has 0 aliphatic heterocycles. The number of imidazole rings is 1. The maximum Gasteiger partial charge on any atom is 0.410 e. The molecule has 10 heteroatoms. The first-order chi connectivity index (χ1) is 20.1. The van der Waals surface area contributed by atoms with Gasteiger partial charge in [0.2, 0.25) is 0 Å². The van der Waals surface area contributed by atoms with Gasteiger partial charge < -0.3 is 29.0 Å². The van der Waals surface area contributed by atoms with Crippen LogP contribution >= 0.6 is 0 Å². The number of nitrogens with one attached hydrogen (secondary N) is 1. The summed E-state index contributed by atoms with van der Waals surface area (Å²) in [4.78, 5) is 37.5. The van der Waals surface area contributed by atoms with Crippen LogP contribution in [-0.2, 0) is 17.8 Å². The number of carbonyl (C=O) groups excluding carboxylic acids is 1. The molecule has 1 fully saturated rings. The molecule has 222 valence electrons. The van der Waals surface area contributed by atoms with E-state index in [-0.39, 0.29) is 23.9 Å². The number of hydrogen-bond acceptors (Lipinski definition) is 7. The summed E-state index contributed by atoms with van der Waals surface area (Å²) in [5, 5.41) is 0. The van der Waals surface area contributed by atoms with Crippen LogP contribution in [0.3, 0.4) is 0 Å². The van der Waals surface area contributed by atoms with Gasteiger partial charge in [0.15, 0.2) is 5.82 Å². The van der Waals surface area contributed by atoms with E-state index >= 15 is 0 Å². The number of ether oxygens (including phenoxy) is 3. The van der Waals surface area contributed by atoms with Gasteiger partial charge in [0.1, 0.15) is 22.6 Å². The molecule has 0 bridgehead atoms. The number of aromatic amines is 1. The summed E-state index contributed by atoms with van der Waals surface area (Å²) in [6, 6.07) is 17.7. The maximum atomic E-state index is 13.3. The lowest BCUT2D eigenvalue weighted by Gasteiger charge is -2.41. The topological polar surface area (TPSA) is 102 Å². The standard InChI is InChI=1S/C32H39N5O5/c1-32(2,3)42-31(39)35(4)23-17-24(18-23)37-27-15-16-33-29(28(27)34-30(37)38)36(19-21-7-11-25(40-5)12-8-21)20-22-9-13-26(41-6)14-10-22/h7-16,23-24H,17-20H2,1-6H3,(H,34,38)/t23-,24+. The van der Waals surface area contributed by atoms with Gasteiger partial charge in [-0.1, -0.05) is 24.3 Å². The van der Waals surface area contributed by atoms with Crippen molar-refractivity contribution >= 4 is 22.9 Å². The Morgan fingerprint density at radius 1 is 0.952 bits per heavy atom. The van der Waals surface area contributed by atoms with Gasteiger partial charge in [0, 0.05) is 38.4 Å². The molecule has 2 heterocycles. The predicted molar refractivity (Wildman–Crippen MR) is 162 cm³/mol. The average molecular weight is 574 g/mol. The van der Waals surface area contributed by atoms with Crippen LogP contribution in [0.25, 0.3) is 11.0 Å². The first-order valence-corrected chi connectivity index (χ1v) is 14.1. The molecule has 2 aromatic carbocycles. The molecule has 0 atom stereocenters. The van der Waals surface area contributed by atoms with Gasteiger partial charge in [-0.25, -0.2) is 14.6 Å². The van der Waals surface area contributed by atoms with E-state index in [2.05, 4.69) is 9.88 Å². The number of carbonyl (C=O) groups is 1. The molecular formula is C32H39N5O5. The van der Waals surface area contributed by atoms with Crippen molar-refractivity contribution in [3.8, 4) is 11.5 Å². The van der Waals surface area contributed by atoms with Gasteiger partial charge in [-0.05, 0) is 75.1 Å². The number of hydrogen-bond donors (Lipinski definition) is 1. The quantitative estimate of drug-likeness (QED) is 0.281. The van der Waals surface area contributed by atoms with Crippen molar-refractivity contribution < 1.29 is 19.0 Å². The van der Waals surface area contributed by atoms with E-state index in [1.54, 1.807) is 36.9 Å². The number of nitrogens with zero attached hydrogens (tertiary/aromatic N) is 4. The first-order valence-electron chi connectivity index (χ1n) is 14.1. The number of pyridine rings is 1. The van der Waals surface area contributed by atoms with E-state index in [1.807, 2.05) is 75.4 Å². The minimum Gasteiger partial charge on any atom is -0.497 e. The molecular weight excluding hydrogens is 534 g/mol. The summed E-state index contributed by atoms with van der Waals surface area (Å²) in [5.74, 6) is 2.27. The monoisotopic (exact) mass is 573 g/mol. The fourth-order valence-corrected chi connectivity index (χ4v) is 5.32. The Balaban J connectivity index is 1.43. The normalized spacial score (nSPS) is 16.5. The van der Waals surface area contributed by atoms with Gasteiger partial charge in [0.05, 0.1) is 19.7 Å². The van der Waals surface area contributed by atoms with Crippen LogP contribution in [0, 0.1) is 0 Å². The minimum atomic E-state index is -0.560. The zero-order valence-electron chi connectivity index (χ0n) is 25.1. The number of amides is 1. The first kappa shape index (κ1) is 29.0. The zero-order chi connectivity index (χ0) is 30.0. The largest absolute Gasteiger partial charge is 0.497 e. The molecule has 0 radical (unpaired) electrons. The highest BCUT2D eigenvalue weighted by Crippen LogP contribution is 2.38. The Bertz CT molecular complexity index is 1530. The SMILES string of the molecule is COc1ccc(CN(Cc2ccc(OC)cc2)c2nccc3c2[nH]c(=O)n3[C@H]2C[C@@H](N(C)C(=O)OC(C)(C)C)C2)cc1.